The van der Waals surface area contributed by atoms with Gasteiger partial charge >= 0.3 is 6.03 Å². The standard InChI is InChI=1S/C13H19BrN4O2/c1-5-13(4)11(19)17(12(20)15-13)7-9-10(14)8(3)16-18(9)6-2/h5-7H2,1-4H3,(H,15,20). The minimum atomic E-state index is -0.796. The number of aryl methyl sites for hydroxylation is 2. The van der Waals surface area contributed by atoms with Crippen LogP contribution in [0.5, 0.6) is 0 Å². The quantitative estimate of drug-likeness (QED) is 0.853. The van der Waals surface area contributed by atoms with Crippen LogP contribution in [0.15, 0.2) is 4.47 Å². The highest BCUT2D eigenvalue weighted by Gasteiger charge is 2.46. The highest BCUT2D eigenvalue weighted by Crippen LogP contribution is 2.27. The molecule has 20 heavy (non-hydrogen) atoms. The molecule has 1 unspecified atom stereocenters. The van der Waals surface area contributed by atoms with Crippen molar-refractivity contribution in [1.82, 2.24) is 20.0 Å². The summed E-state index contributed by atoms with van der Waals surface area (Å²) in [4.78, 5) is 25.7. The van der Waals surface area contributed by atoms with Crippen molar-refractivity contribution in [2.24, 2.45) is 0 Å². The number of nitrogens with zero attached hydrogens (tertiary/aromatic N) is 3. The van der Waals surface area contributed by atoms with Crippen molar-refractivity contribution in [3.63, 3.8) is 0 Å². The van der Waals surface area contributed by atoms with Gasteiger partial charge in [-0.25, -0.2) is 4.79 Å². The molecule has 0 bridgehead atoms. The summed E-state index contributed by atoms with van der Waals surface area (Å²) < 4.78 is 2.66. The SMILES string of the molecule is CCn1nc(C)c(Br)c1CN1C(=O)NC(C)(CC)C1=O. The number of halogens is 1. The molecule has 2 rings (SSSR count). The molecule has 110 valence electrons. The number of hydrogen-bond acceptors (Lipinski definition) is 3. The van der Waals surface area contributed by atoms with Gasteiger partial charge in [-0.05, 0) is 43.1 Å². The normalized spacial score (nSPS) is 22.6. The number of hydrogen-bond donors (Lipinski definition) is 1. The van der Waals surface area contributed by atoms with Crippen LogP contribution in [0, 0.1) is 6.92 Å². The van der Waals surface area contributed by atoms with E-state index in [2.05, 4.69) is 26.3 Å². The molecule has 0 aromatic carbocycles. The van der Waals surface area contributed by atoms with Crippen molar-refractivity contribution in [2.45, 2.75) is 52.7 Å². The van der Waals surface area contributed by atoms with E-state index < -0.39 is 5.54 Å². The molecular weight excluding hydrogens is 324 g/mol. The Morgan fingerprint density at radius 2 is 2.00 bits per heavy atom. The Kier molecular flexibility index (Phi) is 3.90. The van der Waals surface area contributed by atoms with E-state index in [0.717, 1.165) is 15.9 Å². The molecule has 2 heterocycles. The maximum Gasteiger partial charge on any atom is 0.325 e. The van der Waals surface area contributed by atoms with E-state index in [1.165, 1.54) is 4.90 Å². The zero-order valence-corrected chi connectivity index (χ0v) is 13.7. The molecule has 1 aromatic rings. The molecule has 0 aliphatic carbocycles. The number of imide groups is 1. The second-order valence-electron chi connectivity index (χ2n) is 5.17. The predicted molar refractivity (Wildman–Crippen MR) is 78.1 cm³/mol. The first-order chi connectivity index (χ1) is 9.34. The molecule has 0 radical (unpaired) electrons. The lowest BCUT2D eigenvalue weighted by Gasteiger charge is -2.19. The average Bonchev–Trinajstić information content (AvgIpc) is 2.81. The molecule has 1 aliphatic heterocycles. The first kappa shape index (κ1) is 15.0. The fourth-order valence-corrected chi connectivity index (χ4v) is 2.71. The molecule has 1 aliphatic rings. The third kappa shape index (κ3) is 2.24. The molecule has 1 atom stereocenters. The van der Waals surface area contributed by atoms with Crippen LogP contribution in [0.25, 0.3) is 0 Å². The third-order valence-corrected chi connectivity index (χ3v) is 4.84. The number of amides is 3. The highest BCUT2D eigenvalue weighted by molar-refractivity contribution is 9.10. The second-order valence-corrected chi connectivity index (χ2v) is 5.96. The van der Waals surface area contributed by atoms with Crippen molar-refractivity contribution in [1.29, 1.82) is 0 Å². The van der Waals surface area contributed by atoms with Crippen molar-refractivity contribution in [3.05, 3.63) is 15.9 Å². The van der Waals surface area contributed by atoms with Gasteiger partial charge in [0.15, 0.2) is 0 Å². The second kappa shape index (κ2) is 5.20. The topological polar surface area (TPSA) is 67.2 Å². The van der Waals surface area contributed by atoms with Crippen molar-refractivity contribution in [3.8, 4) is 0 Å². The summed E-state index contributed by atoms with van der Waals surface area (Å²) in [6, 6.07) is -0.340. The lowest BCUT2D eigenvalue weighted by molar-refractivity contribution is -0.131. The molecule has 1 saturated heterocycles. The van der Waals surface area contributed by atoms with E-state index in [4.69, 9.17) is 0 Å². The van der Waals surface area contributed by atoms with E-state index in [9.17, 15) is 9.59 Å². The number of carbonyl (C=O) groups is 2. The van der Waals surface area contributed by atoms with Crippen LogP contribution >= 0.6 is 15.9 Å². The summed E-state index contributed by atoms with van der Waals surface area (Å²) in [6.45, 7) is 8.43. The van der Waals surface area contributed by atoms with E-state index in [-0.39, 0.29) is 18.5 Å². The van der Waals surface area contributed by atoms with Gasteiger partial charge in [0.05, 0.1) is 22.4 Å². The minimum Gasteiger partial charge on any atom is -0.323 e. The van der Waals surface area contributed by atoms with Crippen LogP contribution in [0.2, 0.25) is 0 Å². The monoisotopic (exact) mass is 342 g/mol. The Bertz CT molecular complexity index is 569. The van der Waals surface area contributed by atoms with E-state index in [1.807, 2.05) is 25.5 Å². The maximum absolute atomic E-state index is 12.4. The predicted octanol–water partition coefficient (Wildman–Crippen LogP) is 2.19. The van der Waals surface area contributed by atoms with Crippen LogP contribution in [0.4, 0.5) is 4.79 Å². The van der Waals surface area contributed by atoms with Gasteiger partial charge < -0.3 is 5.32 Å². The Morgan fingerprint density at radius 1 is 1.35 bits per heavy atom. The van der Waals surface area contributed by atoms with Crippen LogP contribution in [0.3, 0.4) is 0 Å². The molecule has 6 nitrogen and oxygen atoms in total. The molecular formula is C13H19BrN4O2. The van der Waals surface area contributed by atoms with Crippen molar-refractivity contribution >= 4 is 27.9 Å². The Labute approximate surface area is 126 Å². The van der Waals surface area contributed by atoms with Gasteiger partial charge in [-0.15, -0.1) is 0 Å². The first-order valence-electron chi connectivity index (χ1n) is 6.70. The number of nitrogens with one attached hydrogen (secondary N) is 1. The van der Waals surface area contributed by atoms with E-state index in [1.54, 1.807) is 6.92 Å². The minimum absolute atomic E-state index is 0.182. The molecule has 1 fully saturated rings. The Balaban J connectivity index is 2.31. The summed E-state index contributed by atoms with van der Waals surface area (Å²) in [5.74, 6) is -0.182. The van der Waals surface area contributed by atoms with E-state index >= 15 is 0 Å². The molecule has 0 spiro atoms. The number of carbonyl (C=O) groups excluding carboxylic acids is 2. The van der Waals surface area contributed by atoms with Crippen LogP contribution in [0.1, 0.15) is 38.6 Å². The highest BCUT2D eigenvalue weighted by atomic mass is 79.9. The average molecular weight is 343 g/mol. The number of urea groups is 1. The molecule has 1 N–H and O–H groups in total. The first-order valence-corrected chi connectivity index (χ1v) is 7.49. The summed E-state index contributed by atoms with van der Waals surface area (Å²) in [5, 5.41) is 7.13. The maximum atomic E-state index is 12.4. The lowest BCUT2D eigenvalue weighted by Crippen LogP contribution is -2.43. The summed E-state index contributed by atoms with van der Waals surface area (Å²) in [7, 11) is 0. The smallest absolute Gasteiger partial charge is 0.323 e. The van der Waals surface area contributed by atoms with Gasteiger partial charge in [-0.3, -0.25) is 14.4 Å². The van der Waals surface area contributed by atoms with Gasteiger partial charge in [0.2, 0.25) is 0 Å². The number of rotatable bonds is 4. The fourth-order valence-electron chi connectivity index (χ4n) is 2.30. The molecule has 0 saturated carbocycles. The zero-order valence-electron chi connectivity index (χ0n) is 12.2. The van der Waals surface area contributed by atoms with Crippen LogP contribution in [-0.2, 0) is 17.9 Å². The van der Waals surface area contributed by atoms with Gasteiger partial charge in [0, 0.05) is 6.54 Å². The summed E-state index contributed by atoms with van der Waals surface area (Å²) >= 11 is 3.48. The van der Waals surface area contributed by atoms with Crippen LogP contribution in [-0.4, -0.2) is 32.2 Å². The largest absolute Gasteiger partial charge is 0.325 e. The van der Waals surface area contributed by atoms with Crippen LogP contribution < -0.4 is 5.32 Å². The fraction of sp³-hybridized carbons (Fsp3) is 0.615. The zero-order chi connectivity index (χ0) is 15.1. The molecule has 1 aromatic heterocycles. The van der Waals surface area contributed by atoms with Gasteiger partial charge in [-0.1, -0.05) is 6.92 Å². The van der Waals surface area contributed by atoms with E-state index in [0.29, 0.717) is 13.0 Å². The third-order valence-electron chi connectivity index (χ3n) is 3.81. The van der Waals surface area contributed by atoms with Gasteiger partial charge in [0.1, 0.15) is 5.54 Å². The number of aromatic nitrogens is 2. The Morgan fingerprint density at radius 3 is 2.50 bits per heavy atom. The molecule has 7 heteroatoms. The lowest BCUT2D eigenvalue weighted by atomic mass is 9.99. The van der Waals surface area contributed by atoms with Gasteiger partial charge in [-0.2, -0.15) is 5.10 Å². The summed E-state index contributed by atoms with van der Waals surface area (Å²) in [6.07, 6.45) is 0.571. The molecule has 3 amide bonds. The van der Waals surface area contributed by atoms with Crippen molar-refractivity contribution in [2.75, 3.05) is 0 Å². The summed E-state index contributed by atoms with van der Waals surface area (Å²) in [5.41, 5.74) is 0.899. The van der Waals surface area contributed by atoms with Gasteiger partial charge in [0.25, 0.3) is 5.91 Å². The Hall–Kier alpha value is -1.37. The van der Waals surface area contributed by atoms with Crippen molar-refractivity contribution < 1.29 is 9.59 Å².